The summed E-state index contributed by atoms with van der Waals surface area (Å²) < 4.78 is 0. The monoisotopic (exact) mass is 180 g/mol. The summed E-state index contributed by atoms with van der Waals surface area (Å²) in [6.07, 6.45) is 1.87. The Morgan fingerprint density at radius 2 is 2.08 bits per heavy atom. The Labute approximate surface area is 79.3 Å². The lowest BCUT2D eigenvalue weighted by Gasteiger charge is -2.31. The average molecular weight is 180 g/mol. The molecule has 0 bridgehead atoms. The van der Waals surface area contributed by atoms with Crippen molar-refractivity contribution in [2.24, 2.45) is 10.9 Å². The Hall–Kier alpha value is -1.08. The van der Waals surface area contributed by atoms with Gasteiger partial charge in [-0.1, -0.05) is 13.8 Å². The molecule has 0 aliphatic carbocycles. The van der Waals surface area contributed by atoms with Crippen molar-refractivity contribution in [2.75, 3.05) is 26.2 Å². The Balaban J connectivity index is 2.64. The van der Waals surface area contributed by atoms with Gasteiger partial charge in [-0.15, -0.1) is 0 Å². The van der Waals surface area contributed by atoms with Crippen LogP contribution in [0.4, 0.5) is 0 Å². The molecule has 1 fully saturated rings. The van der Waals surface area contributed by atoms with Crippen LogP contribution < -0.4 is 5.32 Å². The molecule has 0 unspecified atom stereocenters. The van der Waals surface area contributed by atoms with Crippen LogP contribution in [0.15, 0.2) is 4.99 Å². The molecule has 1 saturated heterocycles. The summed E-state index contributed by atoms with van der Waals surface area (Å²) in [4.78, 5) is 6.05. The summed E-state index contributed by atoms with van der Waals surface area (Å²) in [5, 5.41) is 11.8. The molecule has 1 aliphatic heterocycles. The van der Waals surface area contributed by atoms with Crippen LogP contribution in [0, 0.1) is 17.4 Å². The number of hydrogen-bond donors (Lipinski definition) is 1. The zero-order chi connectivity index (χ0) is 9.68. The van der Waals surface area contributed by atoms with E-state index in [0.717, 1.165) is 32.0 Å². The van der Waals surface area contributed by atoms with Crippen LogP contribution >= 0.6 is 0 Å². The quantitative estimate of drug-likeness (QED) is 0.361. The number of nitrogens with zero attached hydrogens (tertiary/aromatic N) is 3. The molecular weight excluding hydrogens is 164 g/mol. The lowest BCUT2D eigenvalue weighted by molar-refractivity contribution is 0.344. The first kappa shape index (κ1) is 10.0. The first-order chi connectivity index (χ1) is 6.25. The number of piperazine rings is 1. The molecule has 0 saturated carbocycles. The molecule has 1 rings (SSSR count). The van der Waals surface area contributed by atoms with E-state index in [-0.39, 0.29) is 0 Å². The highest BCUT2D eigenvalue weighted by Gasteiger charge is 2.16. The number of amidine groups is 1. The van der Waals surface area contributed by atoms with Crippen molar-refractivity contribution in [1.29, 1.82) is 5.26 Å². The SMILES string of the molecule is CC(C)C(=NC#N)N1CCNCC1. The van der Waals surface area contributed by atoms with Gasteiger partial charge in [0.2, 0.25) is 6.19 Å². The van der Waals surface area contributed by atoms with Gasteiger partial charge in [-0.05, 0) is 0 Å². The zero-order valence-corrected chi connectivity index (χ0v) is 8.25. The molecule has 1 N–H and O–H groups in total. The number of aliphatic imine (C=N–C) groups is 1. The highest BCUT2D eigenvalue weighted by molar-refractivity contribution is 5.85. The van der Waals surface area contributed by atoms with Gasteiger partial charge in [0, 0.05) is 32.1 Å². The van der Waals surface area contributed by atoms with Gasteiger partial charge in [-0.2, -0.15) is 10.3 Å². The fourth-order valence-corrected chi connectivity index (χ4v) is 1.51. The van der Waals surface area contributed by atoms with Crippen LogP contribution in [0.25, 0.3) is 0 Å². The fourth-order valence-electron chi connectivity index (χ4n) is 1.51. The molecule has 0 aromatic carbocycles. The third-order valence-corrected chi connectivity index (χ3v) is 2.12. The van der Waals surface area contributed by atoms with Crippen LogP contribution in [-0.2, 0) is 0 Å². The predicted octanol–water partition coefficient (Wildman–Crippen LogP) is 0.427. The van der Waals surface area contributed by atoms with Crippen LogP contribution in [-0.4, -0.2) is 36.9 Å². The van der Waals surface area contributed by atoms with Gasteiger partial charge < -0.3 is 10.2 Å². The molecule has 0 amide bonds. The fraction of sp³-hybridized carbons (Fsp3) is 0.778. The topological polar surface area (TPSA) is 51.4 Å². The summed E-state index contributed by atoms with van der Waals surface area (Å²) in [6.45, 7) is 8.02. The van der Waals surface area contributed by atoms with Crippen LogP contribution in [0.2, 0.25) is 0 Å². The molecule has 0 aromatic heterocycles. The maximum atomic E-state index is 8.54. The summed E-state index contributed by atoms with van der Waals surface area (Å²) in [5.41, 5.74) is 0. The van der Waals surface area contributed by atoms with Gasteiger partial charge >= 0.3 is 0 Å². The highest BCUT2D eigenvalue weighted by Crippen LogP contribution is 2.04. The lowest BCUT2D eigenvalue weighted by Crippen LogP contribution is -2.47. The largest absolute Gasteiger partial charge is 0.357 e. The number of rotatable bonds is 1. The van der Waals surface area contributed by atoms with Crippen molar-refractivity contribution < 1.29 is 0 Å². The Morgan fingerprint density at radius 3 is 2.54 bits per heavy atom. The maximum absolute atomic E-state index is 8.54. The molecule has 1 heterocycles. The number of nitrogens with one attached hydrogen (secondary N) is 1. The van der Waals surface area contributed by atoms with Gasteiger partial charge in [-0.3, -0.25) is 0 Å². The van der Waals surface area contributed by atoms with Gasteiger partial charge in [0.15, 0.2) is 0 Å². The van der Waals surface area contributed by atoms with Crippen molar-refractivity contribution in [1.82, 2.24) is 10.2 Å². The molecule has 13 heavy (non-hydrogen) atoms. The highest BCUT2D eigenvalue weighted by atomic mass is 15.2. The first-order valence-electron chi connectivity index (χ1n) is 4.68. The van der Waals surface area contributed by atoms with Gasteiger partial charge in [0.1, 0.15) is 5.84 Å². The summed E-state index contributed by atoms with van der Waals surface area (Å²) >= 11 is 0. The zero-order valence-electron chi connectivity index (χ0n) is 8.25. The van der Waals surface area contributed by atoms with Crippen molar-refractivity contribution in [3.8, 4) is 6.19 Å². The van der Waals surface area contributed by atoms with E-state index in [9.17, 15) is 0 Å². The normalized spacial score (nSPS) is 18.9. The van der Waals surface area contributed by atoms with Crippen LogP contribution in [0.1, 0.15) is 13.8 Å². The molecule has 4 nitrogen and oxygen atoms in total. The Kier molecular flexibility index (Phi) is 3.71. The molecule has 0 atom stereocenters. The first-order valence-corrected chi connectivity index (χ1v) is 4.68. The third-order valence-electron chi connectivity index (χ3n) is 2.12. The van der Waals surface area contributed by atoms with E-state index in [1.165, 1.54) is 0 Å². The second-order valence-electron chi connectivity index (χ2n) is 3.46. The van der Waals surface area contributed by atoms with Gasteiger partial charge in [0.05, 0.1) is 0 Å². The number of hydrogen-bond acceptors (Lipinski definition) is 3. The van der Waals surface area contributed by atoms with Crippen molar-refractivity contribution in [3.05, 3.63) is 0 Å². The predicted molar refractivity (Wildman–Crippen MR) is 52.3 cm³/mol. The van der Waals surface area contributed by atoms with E-state index in [2.05, 4.69) is 29.1 Å². The second kappa shape index (κ2) is 4.83. The minimum absolute atomic E-state index is 0.331. The van der Waals surface area contributed by atoms with Crippen molar-refractivity contribution >= 4 is 5.84 Å². The van der Waals surface area contributed by atoms with E-state index < -0.39 is 0 Å². The maximum Gasteiger partial charge on any atom is 0.207 e. The van der Waals surface area contributed by atoms with E-state index in [1.807, 2.05) is 6.19 Å². The summed E-state index contributed by atoms with van der Waals surface area (Å²) in [6, 6.07) is 0. The minimum Gasteiger partial charge on any atom is -0.357 e. The number of nitriles is 1. The smallest absolute Gasteiger partial charge is 0.207 e. The van der Waals surface area contributed by atoms with Gasteiger partial charge in [-0.25, -0.2) is 0 Å². The molecule has 1 aliphatic rings. The lowest BCUT2D eigenvalue weighted by atomic mass is 10.1. The summed E-state index contributed by atoms with van der Waals surface area (Å²) in [7, 11) is 0. The van der Waals surface area contributed by atoms with Crippen LogP contribution in [0.3, 0.4) is 0 Å². The van der Waals surface area contributed by atoms with E-state index in [4.69, 9.17) is 5.26 Å². The van der Waals surface area contributed by atoms with E-state index in [1.54, 1.807) is 0 Å². The third kappa shape index (κ3) is 2.71. The minimum atomic E-state index is 0.331. The van der Waals surface area contributed by atoms with E-state index in [0.29, 0.717) is 5.92 Å². The molecule has 0 aromatic rings. The Bertz CT molecular complexity index is 220. The standard InChI is InChI=1S/C9H16N4/c1-8(2)9(12-7-10)13-5-3-11-4-6-13/h8,11H,3-6H2,1-2H3. The molecule has 0 spiro atoms. The summed E-state index contributed by atoms with van der Waals surface area (Å²) in [5.74, 6) is 1.25. The molecule has 0 radical (unpaired) electrons. The average Bonchev–Trinajstić information content (AvgIpc) is 2.15. The molecular formula is C9H16N4. The van der Waals surface area contributed by atoms with E-state index >= 15 is 0 Å². The van der Waals surface area contributed by atoms with Crippen molar-refractivity contribution in [2.45, 2.75) is 13.8 Å². The van der Waals surface area contributed by atoms with Crippen molar-refractivity contribution in [3.63, 3.8) is 0 Å². The molecule has 4 heteroatoms. The van der Waals surface area contributed by atoms with Crippen LogP contribution in [0.5, 0.6) is 0 Å². The second-order valence-corrected chi connectivity index (χ2v) is 3.46. The Morgan fingerprint density at radius 1 is 1.46 bits per heavy atom. The van der Waals surface area contributed by atoms with Gasteiger partial charge in [0.25, 0.3) is 0 Å². The molecule has 72 valence electrons.